The van der Waals surface area contributed by atoms with Crippen LogP contribution >= 0.6 is 0 Å². The summed E-state index contributed by atoms with van der Waals surface area (Å²) in [4.78, 5) is 29.4. The average Bonchev–Trinajstić information content (AvgIpc) is 3.35. The molecule has 2 atom stereocenters. The number of nitrogens with two attached hydrogens (primary N) is 1. The van der Waals surface area contributed by atoms with Crippen LogP contribution in [0.4, 0.5) is 5.69 Å². The van der Waals surface area contributed by atoms with Crippen molar-refractivity contribution in [3.05, 3.63) is 79.1 Å². The Morgan fingerprint density at radius 2 is 1.93 bits per heavy atom. The zero-order valence-electron chi connectivity index (χ0n) is 23.5. The van der Waals surface area contributed by atoms with Gasteiger partial charge in [-0.3, -0.25) is 14.2 Å². The summed E-state index contributed by atoms with van der Waals surface area (Å²) in [5.74, 6) is -0.0179. The number of fused-ring (bicyclic) bond motifs is 1. The second-order valence-electron chi connectivity index (χ2n) is 10.2. The number of nitrogens with zero attached hydrogens (tertiary/aromatic N) is 3. The number of rotatable bonds is 10. The average molecular weight is 552 g/mol. The zero-order chi connectivity index (χ0) is 29.7. The molecule has 0 aliphatic heterocycles. The molecule has 0 radical (unpaired) electrons. The molecule has 4 aromatic rings. The first-order valence-electron chi connectivity index (χ1n) is 13.2. The standard InChI is InChI=1S/C32H33N5O4/c1-6-30(38)36-25-12-23(13-26(15-25)40-5)24-14-27-28(22-9-7-8-21(11-22)16-33)18-37(31(27)35-17-24)20(4)41-32(39)29(34)10-19(2)3/h6-9,11-15,17-20,29H,1,10,34H2,2-5H3,(H,36,38)/t20?,29-/m0/s1. The van der Waals surface area contributed by atoms with Gasteiger partial charge in [0.1, 0.15) is 17.4 Å². The normalized spacial score (nSPS) is 12.4. The van der Waals surface area contributed by atoms with Gasteiger partial charge in [0, 0.05) is 40.7 Å². The SMILES string of the molecule is C=CC(=O)Nc1cc(OC)cc(-c2cnc3c(c2)c(-c2cccc(C#N)c2)cn3C(C)OC(=O)[C@@H](N)CC(C)C)c1. The van der Waals surface area contributed by atoms with Crippen molar-refractivity contribution in [2.24, 2.45) is 11.7 Å². The number of ether oxygens (including phenoxy) is 2. The number of esters is 1. The van der Waals surface area contributed by atoms with Crippen LogP contribution in [0.5, 0.6) is 5.75 Å². The Hall–Kier alpha value is -4.94. The molecule has 41 heavy (non-hydrogen) atoms. The molecule has 3 N–H and O–H groups in total. The van der Waals surface area contributed by atoms with E-state index in [0.29, 0.717) is 29.1 Å². The van der Waals surface area contributed by atoms with E-state index in [2.05, 4.69) is 18.0 Å². The molecule has 0 aliphatic carbocycles. The van der Waals surface area contributed by atoms with Gasteiger partial charge in [-0.2, -0.15) is 5.26 Å². The number of amides is 1. The largest absolute Gasteiger partial charge is 0.497 e. The van der Waals surface area contributed by atoms with Gasteiger partial charge >= 0.3 is 5.97 Å². The molecule has 0 saturated carbocycles. The van der Waals surface area contributed by atoms with E-state index in [0.717, 1.165) is 27.6 Å². The summed E-state index contributed by atoms with van der Waals surface area (Å²) in [5.41, 5.74) is 10.9. The van der Waals surface area contributed by atoms with Crippen LogP contribution in [0.25, 0.3) is 33.3 Å². The second-order valence-corrected chi connectivity index (χ2v) is 10.2. The van der Waals surface area contributed by atoms with Crippen LogP contribution in [-0.2, 0) is 14.3 Å². The molecule has 2 aromatic heterocycles. The number of anilines is 1. The summed E-state index contributed by atoms with van der Waals surface area (Å²) in [5, 5.41) is 13.0. The van der Waals surface area contributed by atoms with Crippen LogP contribution in [0.15, 0.2) is 73.6 Å². The van der Waals surface area contributed by atoms with Crippen molar-refractivity contribution in [3.63, 3.8) is 0 Å². The van der Waals surface area contributed by atoms with E-state index >= 15 is 0 Å². The van der Waals surface area contributed by atoms with E-state index in [1.807, 2.05) is 50.4 Å². The molecule has 1 unspecified atom stereocenters. The summed E-state index contributed by atoms with van der Waals surface area (Å²) in [7, 11) is 1.55. The van der Waals surface area contributed by atoms with Crippen molar-refractivity contribution in [1.82, 2.24) is 9.55 Å². The van der Waals surface area contributed by atoms with Crippen LogP contribution in [-0.4, -0.2) is 34.6 Å². The monoisotopic (exact) mass is 551 g/mol. The number of pyridine rings is 1. The molecule has 9 heteroatoms. The Labute approximate surface area is 239 Å². The Morgan fingerprint density at radius 3 is 2.61 bits per heavy atom. The van der Waals surface area contributed by atoms with Crippen molar-refractivity contribution in [2.75, 3.05) is 12.4 Å². The summed E-state index contributed by atoms with van der Waals surface area (Å²) in [6, 6.07) is 16.1. The number of hydrogen-bond acceptors (Lipinski definition) is 7. The van der Waals surface area contributed by atoms with Gasteiger partial charge in [-0.05, 0) is 66.8 Å². The molecular formula is C32H33N5O4. The van der Waals surface area contributed by atoms with Crippen LogP contribution in [0.1, 0.15) is 39.0 Å². The number of carbonyl (C=O) groups excluding carboxylic acids is 2. The zero-order valence-corrected chi connectivity index (χ0v) is 23.5. The summed E-state index contributed by atoms with van der Waals surface area (Å²) >= 11 is 0. The van der Waals surface area contributed by atoms with Gasteiger partial charge in [-0.15, -0.1) is 0 Å². The number of nitriles is 1. The lowest BCUT2D eigenvalue weighted by molar-refractivity contribution is -0.154. The molecule has 1 amide bonds. The highest BCUT2D eigenvalue weighted by molar-refractivity contribution is 6.00. The maximum Gasteiger partial charge on any atom is 0.324 e. The number of benzene rings is 2. The molecule has 9 nitrogen and oxygen atoms in total. The van der Waals surface area contributed by atoms with E-state index in [-0.39, 0.29) is 11.8 Å². The van der Waals surface area contributed by atoms with E-state index in [1.165, 1.54) is 6.08 Å². The van der Waals surface area contributed by atoms with Gasteiger partial charge in [0.2, 0.25) is 5.91 Å². The number of nitrogens with one attached hydrogen (secondary N) is 1. The molecule has 0 spiro atoms. The molecule has 2 heterocycles. The van der Waals surface area contributed by atoms with Gasteiger partial charge in [0.05, 0.1) is 18.7 Å². The van der Waals surface area contributed by atoms with E-state index in [1.54, 1.807) is 43.0 Å². The number of methoxy groups -OCH3 is 1. The van der Waals surface area contributed by atoms with Crippen molar-refractivity contribution in [3.8, 4) is 34.1 Å². The third-order valence-corrected chi connectivity index (χ3v) is 6.61. The molecule has 4 rings (SSSR count). The van der Waals surface area contributed by atoms with Crippen LogP contribution < -0.4 is 15.8 Å². The Kier molecular flexibility index (Phi) is 8.85. The summed E-state index contributed by atoms with van der Waals surface area (Å²) in [6.45, 7) is 9.27. The predicted octanol–water partition coefficient (Wildman–Crippen LogP) is 5.81. The highest BCUT2D eigenvalue weighted by Crippen LogP contribution is 2.36. The second kappa shape index (κ2) is 12.5. The minimum atomic E-state index is -0.727. The molecule has 2 aromatic carbocycles. The van der Waals surface area contributed by atoms with Crippen LogP contribution in [0, 0.1) is 17.2 Å². The Bertz CT molecular complexity index is 1650. The van der Waals surface area contributed by atoms with Gasteiger partial charge in [-0.1, -0.05) is 32.6 Å². The van der Waals surface area contributed by atoms with Crippen molar-refractivity contribution < 1.29 is 19.1 Å². The van der Waals surface area contributed by atoms with Crippen LogP contribution in [0.2, 0.25) is 0 Å². The van der Waals surface area contributed by atoms with Gasteiger partial charge in [0.25, 0.3) is 0 Å². The third kappa shape index (κ3) is 6.62. The molecule has 0 fully saturated rings. The number of hydrogen-bond donors (Lipinski definition) is 2. The highest BCUT2D eigenvalue weighted by atomic mass is 16.6. The fraction of sp³-hybridized carbons (Fsp3) is 0.250. The first-order valence-corrected chi connectivity index (χ1v) is 13.2. The number of carbonyl (C=O) groups is 2. The number of aromatic nitrogens is 2. The minimum Gasteiger partial charge on any atom is -0.497 e. The topological polar surface area (TPSA) is 132 Å². The first-order chi connectivity index (χ1) is 19.6. The van der Waals surface area contributed by atoms with Gasteiger partial charge in [0.15, 0.2) is 6.23 Å². The van der Waals surface area contributed by atoms with Crippen LogP contribution in [0.3, 0.4) is 0 Å². The van der Waals surface area contributed by atoms with Crippen molar-refractivity contribution in [1.29, 1.82) is 5.26 Å². The van der Waals surface area contributed by atoms with E-state index in [4.69, 9.17) is 20.2 Å². The maximum absolute atomic E-state index is 12.7. The summed E-state index contributed by atoms with van der Waals surface area (Å²) < 4.78 is 13.0. The fourth-order valence-electron chi connectivity index (χ4n) is 4.62. The highest BCUT2D eigenvalue weighted by Gasteiger charge is 2.23. The first kappa shape index (κ1) is 29.1. The maximum atomic E-state index is 12.7. The smallest absolute Gasteiger partial charge is 0.324 e. The fourth-order valence-corrected chi connectivity index (χ4v) is 4.62. The Morgan fingerprint density at radius 1 is 1.15 bits per heavy atom. The lowest BCUT2D eigenvalue weighted by Crippen LogP contribution is -2.34. The molecular weight excluding hydrogens is 518 g/mol. The lowest BCUT2D eigenvalue weighted by Gasteiger charge is -2.19. The molecule has 0 saturated heterocycles. The summed E-state index contributed by atoms with van der Waals surface area (Å²) in [6.07, 6.45) is 4.60. The third-order valence-electron chi connectivity index (χ3n) is 6.61. The Balaban J connectivity index is 1.83. The molecule has 0 aliphatic rings. The molecule has 210 valence electrons. The van der Waals surface area contributed by atoms with Crippen molar-refractivity contribution in [2.45, 2.75) is 39.5 Å². The van der Waals surface area contributed by atoms with Gasteiger partial charge in [-0.25, -0.2) is 4.98 Å². The van der Waals surface area contributed by atoms with E-state index < -0.39 is 18.2 Å². The lowest BCUT2D eigenvalue weighted by atomic mass is 10.0. The van der Waals surface area contributed by atoms with Crippen molar-refractivity contribution >= 4 is 28.6 Å². The van der Waals surface area contributed by atoms with Gasteiger partial charge < -0.3 is 20.5 Å². The molecule has 0 bridgehead atoms. The van der Waals surface area contributed by atoms with E-state index in [9.17, 15) is 14.9 Å². The quantitative estimate of drug-likeness (QED) is 0.188. The predicted molar refractivity (Wildman–Crippen MR) is 159 cm³/mol. The minimum absolute atomic E-state index is 0.251.